The molecule has 0 amide bonds. The van der Waals surface area contributed by atoms with Crippen LogP contribution in [0, 0.1) is 100.0 Å². The van der Waals surface area contributed by atoms with Gasteiger partial charge in [-0.3, -0.25) is 0 Å². The highest BCUT2D eigenvalue weighted by atomic mass is 19.2. The average molecular weight is 1670 g/mol. The zero-order valence-electron chi connectivity index (χ0n) is 67.0. The highest BCUT2D eigenvalue weighted by Gasteiger charge is 2.21. The molecule has 0 atom stereocenters. The summed E-state index contributed by atoms with van der Waals surface area (Å²) in [5, 5.41) is 0. The first-order valence-corrected chi connectivity index (χ1v) is 39.8. The Morgan fingerprint density at radius 2 is 0.341 bits per heavy atom. The summed E-state index contributed by atoms with van der Waals surface area (Å²) in [7, 11) is 0. The van der Waals surface area contributed by atoms with Gasteiger partial charge < -0.3 is 0 Å². The van der Waals surface area contributed by atoms with Crippen molar-refractivity contribution in [2.24, 2.45) is 0 Å². The Balaban J connectivity index is 0.000000141. The van der Waals surface area contributed by atoms with Gasteiger partial charge in [-0.05, 0) is 233 Å². The molecule has 0 aliphatic rings. The molecule has 0 spiro atoms. The predicted molar refractivity (Wildman–Crippen MR) is 462 cm³/mol. The number of hydrogen-bond acceptors (Lipinski definition) is 0. The minimum absolute atomic E-state index is 0.00262. The molecular weight excluding hydrogens is 1590 g/mol. The van der Waals surface area contributed by atoms with Gasteiger partial charge in [0.05, 0.1) is 0 Å². The van der Waals surface area contributed by atoms with Crippen LogP contribution in [0.4, 0.5) is 70.2 Å². The topological polar surface area (TPSA) is 0 Å². The minimum Gasteiger partial charge on any atom is -0.206 e. The van der Waals surface area contributed by atoms with E-state index >= 15 is 0 Å². The van der Waals surface area contributed by atoms with E-state index in [1.54, 1.807) is 24.3 Å². The van der Waals surface area contributed by atoms with Gasteiger partial charge in [0.25, 0.3) is 0 Å². The molecule has 0 aromatic heterocycles. The Morgan fingerprint density at radius 3 is 0.545 bits per heavy atom. The van der Waals surface area contributed by atoms with Crippen LogP contribution in [0.1, 0.15) is 68.7 Å². The summed E-state index contributed by atoms with van der Waals surface area (Å²) in [6.45, 7) is 8.48. The van der Waals surface area contributed by atoms with Crippen molar-refractivity contribution in [1.29, 1.82) is 0 Å². The molecule has 0 N–H and O–H groups in total. The Kier molecular flexibility index (Phi) is 28.2. The van der Waals surface area contributed by atoms with Crippen molar-refractivity contribution >= 4 is 0 Å². The summed E-state index contributed by atoms with van der Waals surface area (Å²) in [5.74, 6) is -19.6. The number of unbranched alkanes of at least 4 members (excludes halogenated alkanes) is 2. The van der Waals surface area contributed by atoms with Crippen molar-refractivity contribution in [3.63, 3.8) is 0 Å². The molecule has 16 heteroatoms. The lowest BCUT2D eigenvalue weighted by atomic mass is 9.97. The summed E-state index contributed by atoms with van der Waals surface area (Å²) in [4.78, 5) is 0. The molecule has 0 radical (unpaired) electrons. The van der Waals surface area contributed by atoms with Gasteiger partial charge in [-0.1, -0.05) is 288 Å². The highest BCUT2D eigenvalue weighted by Crippen LogP contribution is 2.38. The van der Waals surface area contributed by atoms with Crippen LogP contribution < -0.4 is 0 Å². The Hall–Kier alpha value is -13.6. The fourth-order valence-corrected chi connectivity index (χ4v) is 14.3. The fourth-order valence-electron chi connectivity index (χ4n) is 14.3. The molecule has 16 aromatic carbocycles. The number of halogens is 16. The molecule has 0 saturated heterocycles. The van der Waals surface area contributed by atoms with Crippen molar-refractivity contribution < 1.29 is 70.2 Å². The highest BCUT2D eigenvalue weighted by molar-refractivity contribution is 5.79. The molecule has 0 aliphatic carbocycles. The van der Waals surface area contributed by atoms with E-state index in [0.717, 1.165) is 141 Å². The lowest BCUT2D eigenvalue weighted by Crippen LogP contribution is -1.94. The second-order valence-corrected chi connectivity index (χ2v) is 29.6. The molecule has 16 rings (SSSR count). The molecule has 0 saturated carbocycles. The molecule has 0 bridgehead atoms. The Labute approximate surface area is 703 Å². The van der Waals surface area contributed by atoms with Gasteiger partial charge in [0.2, 0.25) is 0 Å². The molecular formula is C107H78F16. The van der Waals surface area contributed by atoms with Crippen LogP contribution in [0.5, 0.6) is 0 Å². The standard InChI is InChI=1S/C29H24F4.C27H20F4.C26H18F4.C25H16F4/c1-2-3-4-5-19-6-8-20(9-7-19)21-10-12-22(13-11-21)23-14-15-25(26(30)16-23)24-17-27(31)29(33)28(32)18-24;1-2-3-17-4-6-18(7-5-17)19-8-10-20(11-9-19)21-12-13-23(24(28)14-21)22-15-25(29)27(31)26(30)16-22;1-2-16-3-5-17(6-4-16)18-7-9-19(10-8-18)20-11-12-22(23(27)13-20)21-14-24(28)26(30)25(29)15-21;1-15-2-4-16(5-3-15)17-6-8-18(9-7-17)19-10-11-21(22(26)12-19)20-13-23(27)25(29)24(28)14-20/h6-18H,2-5H2,1H3;4-16H,2-3H2,1H3;3-15H,2H2,1H3;2-14H,1H3. The van der Waals surface area contributed by atoms with Crippen molar-refractivity contribution in [2.45, 2.75) is 72.6 Å². The van der Waals surface area contributed by atoms with Gasteiger partial charge >= 0.3 is 0 Å². The molecule has 123 heavy (non-hydrogen) atoms. The van der Waals surface area contributed by atoms with Crippen LogP contribution in [-0.4, -0.2) is 0 Å². The van der Waals surface area contributed by atoms with Gasteiger partial charge in [0, 0.05) is 22.3 Å². The van der Waals surface area contributed by atoms with E-state index < -0.39 is 93.1 Å². The molecule has 0 nitrogen and oxygen atoms in total. The van der Waals surface area contributed by atoms with Crippen LogP contribution >= 0.6 is 0 Å². The van der Waals surface area contributed by atoms with E-state index in [-0.39, 0.29) is 44.5 Å². The first-order valence-electron chi connectivity index (χ1n) is 39.8. The van der Waals surface area contributed by atoms with E-state index in [9.17, 15) is 70.2 Å². The van der Waals surface area contributed by atoms with Crippen molar-refractivity contribution in [3.05, 3.63) is 431 Å². The Bertz CT molecular complexity index is 6290. The number of aryl methyl sites for hydroxylation is 4. The largest absolute Gasteiger partial charge is 0.206 e. The Morgan fingerprint density at radius 1 is 0.163 bits per heavy atom. The lowest BCUT2D eigenvalue weighted by molar-refractivity contribution is 0.447. The fraction of sp³-hybridized carbons (Fsp3) is 0.103. The van der Waals surface area contributed by atoms with Crippen molar-refractivity contribution in [2.75, 3.05) is 0 Å². The third-order valence-electron chi connectivity index (χ3n) is 21.2. The maximum absolute atomic E-state index is 14.7. The smallest absolute Gasteiger partial charge is 0.194 e. The number of hydrogen-bond donors (Lipinski definition) is 0. The normalized spacial score (nSPS) is 11.0. The zero-order chi connectivity index (χ0) is 87.1. The van der Waals surface area contributed by atoms with Crippen molar-refractivity contribution in [3.8, 4) is 134 Å². The van der Waals surface area contributed by atoms with E-state index in [2.05, 4.69) is 93.6 Å². The van der Waals surface area contributed by atoms with Crippen LogP contribution in [0.2, 0.25) is 0 Å². The van der Waals surface area contributed by atoms with Crippen LogP contribution in [0.25, 0.3) is 134 Å². The SMILES string of the molecule is CCCCCc1ccc(-c2ccc(-c3ccc(-c4cc(F)c(F)c(F)c4)c(F)c3)cc2)cc1.CCCc1ccc(-c2ccc(-c3ccc(-c4cc(F)c(F)c(F)c4)c(F)c3)cc2)cc1.CCc1ccc(-c2ccc(-c3ccc(-c4cc(F)c(F)c(F)c4)c(F)c3)cc2)cc1.Cc1ccc(-c2ccc(-c3ccc(-c4cc(F)c(F)c(F)c4)c(F)c3)cc2)cc1. The third kappa shape index (κ3) is 21.2. The van der Waals surface area contributed by atoms with Gasteiger partial charge in [-0.15, -0.1) is 0 Å². The van der Waals surface area contributed by atoms with Gasteiger partial charge in [-0.25, -0.2) is 70.2 Å². The molecule has 0 aliphatic heterocycles. The van der Waals surface area contributed by atoms with E-state index in [0.29, 0.717) is 22.3 Å². The summed E-state index contributed by atoms with van der Waals surface area (Å²) in [6.07, 6.45) is 7.88. The van der Waals surface area contributed by atoms with E-state index in [4.69, 9.17) is 0 Å². The monoisotopic (exact) mass is 1670 g/mol. The first-order chi connectivity index (χ1) is 59.3. The maximum atomic E-state index is 14.7. The van der Waals surface area contributed by atoms with Crippen LogP contribution in [0.3, 0.4) is 0 Å². The molecule has 16 aromatic rings. The quantitative estimate of drug-likeness (QED) is 0.0430. The second-order valence-electron chi connectivity index (χ2n) is 29.6. The van der Waals surface area contributed by atoms with Crippen LogP contribution in [0.15, 0.2) is 315 Å². The zero-order valence-corrected chi connectivity index (χ0v) is 67.0. The third-order valence-corrected chi connectivity index (χ3v) is 21.2. The summed E-state index contributed by atoms with van der Waals surface area (Å²) in [6, 6.07) is 88.4. The molecule has 0 heterocycles. The number of benzene rings is 16. The minimum atomic E-state index is -1.57. The molecule has 618 valence electrons. The van der Waals surface area contributed by atoms with Gasteiger partial charge in [0.15, 0.2) is 69.8 Å². The predicted octanol–water partition coefficient (Wildman–Crippen LogP) is 32.5. The first kappa shape index (κ1) is 87.2. The van der Waals surface area contributed by atoms with E-state index in [1.807, 2.05) is 128 Å². The summed E-state index contributed by atoms with van der Waals surface area (Å²) < 4.78 is 219. The maximum Gasteiger partial charge on any atom is 0.194 e. The van der Waals surface area contributed by atoms with Crippen LogP contribution in [-0.2, 0) is 19.3 Å². The number of rotatable bonds is 19. The van der Waals surface area contributed by atoms with Gasteiger partial charge in [-0.2, -0.15) is 0 Å². The molecule has 0 unspecified atom stereocenters. The summed E-state index contributed by atoms with van der Waals surface area (Å²) >= 11 is 0. The van der Waals surface area contributed by atoms with Crippen molar-refractivity contribution in [1.82, 2.24) is 0 Å². The lowest BCUT2D eigenvalue weighted by Gasteiger charge is -2.09. The summed E-state index contributed by atoms with van der Waals surface area (Å²) in [5.41, 5.74) is 19.3. The molecule has 0 fully saturated rings. The van der Waals surface area contributed by atoms with Gasteiger partial charge in [0.1, 0.15) is 23.3 Å². The second kappa shape index (κ2) is 39.7. The van der Waals surface area contributed by atoms with E-state index in [1.165, 1.54) is 90.0 Å². The average Bonchev–Trinajstić information content (AvgIpc) is 0.810.